The molecular weight excluding hydrogens is 176 g/mol. The Labute approximate surface area is 83.4 Å². The zero-order valence-electron chi connectivity index (χ0n) is 8.29. The standard InChI is InChI=1S/C11H12N2O/c1-3-13-11-6-9(7-12)4-5-10(11)8(2)14/h4-6,13H,3H2,1-2H3. The van der Waals surface area contributed by atoms with Gasteiger partial charge >= 0.3 is 0 Å². The molecule has 0 amide bonds. The van der Waals surface area contributed by atoms with Crippen LogP contribution in [0.15, 0.2) is 18.2 Å². The van der Waals surface area contributed by atoms with Crippen molar-refractivity contribution in [3.63, 3.8) is 0 Å². The molecule has 3 heteroatoms. The number of carbonyl (C=O) groups excluding carboxylic acids is 1. The first kappa shape index (κ1) is 10.3. The highest BCUT2D eigenvalue weighted by molar-refractivity contribution is 5.99. The van der Waals surface area contributed by atoms with Crippen LogP contribution in [-0.4, -0.2) is 12.3 Å². The fourth-order valence-electron chi connectivity index (χ4n) is 1.26. The number of anilines is 1. The highest BCUT2D eigenvalue weighted by Gasteiger charge is 2.06. The third kappa shape index (κ3) is 2.11. The number of nitrogens with zero attached hydrogens (tertiary/aromatic N) is 1. The number of hydrogen-bond donors (Lipinski definition) is 1. The van der Waals surface area contributed by atoms with E-state index in [0.717, 1.165) is 12.2 Å². The van der Waals surface area contributed by atoms with Crippen LogP contribution in [0, 0.1) is 11.3 Å². The third-order valence-electron chi connectivity index (χ3n) is 1.90. The highest BCUT2D eigenvalue weighted by atomic mass is 16.1. The van der Waals surface area contributed by atoms with Crippen molar-refractivity contribution in [3.05, 3.63) is 29.3 Å². The molecule has 0 bridgehead atoms. The van der Waals surface area contributed by atoms with Crippen LogP contribution in [0.1, 0.15) is 29.8 Å². The summed E-state index contributed by atoms with van der Waals surface area (Å²) in [7, 11) is 0. The van der Waals surface area contributed by atoms with E-state index in [1.54, 1.807) is 18.2 Å². The second kappa shape index (κ2) is 4.43. The van der Waals surface area contributed by atoms with Gasteiger partial charge in [0.2, 0.25) is 0 Å². The summed E-state index contributed by atoms with van der Waals surface area (Å²) in [5.74, 6) is 0.00504. The lowest BCUT2D eigenvalue weighted by atomic mass is 10.1. The largest absolute Gasteiger partial charge is 0.385 e. The minimum absolute atomic E-state index is 0.00504. The van der Waals surface area contributed by atoms with Crippen molar-refractivity contribution in [2.24, 2.45) is 0 Å². The van der Waals surface area contributed by atoms with E-state index in [-0.39, 0.29) is 5.78 Å². The van der Waals surface area contributed by atoms with Crippen molar-refractivity contribution >= 4 is 11.5 Å². The van der Waals surface area contributed by atoms with Crippen LogP contribution >= 0.6 is 0 Å². The van der Waals surface area contributed by atoms with E-state index in [0.29, 0.717) is 11.1 Å². The molecule has 0 saturated carbocycles. The molecule has 0 saturated heterocycles. The SMILES string of the molecule is CCNc1cc(C#N)ccc1C(C)=O. The van der Waals surface area contributed by atoms with Gasteiger partial charge in [0.1, 0.15) is 0 Å². The maximum atomic E-state index is 11.2. The highest BCUT2D eigenvalue weighted by Crippen LogP contribution is 2.17. The molecule has 0 heterocycles. The summed E-state index contributed by atoms with van der Waals surface area (Å²) in [4.78, 5) is 11.2. The van der Waals surface area contributed by atoms with Gasteiger partial charge in [-0.3, -0.25) is 4.79 Å². The Balaban J connectivity index is 3.18. The van der Waals surface area contributed by atoms with E-state index in [9.17, 15) is 4.79 Å². The molecule has 0 unspecified atom stereocenters. The number of rotatable bonds is 3. The average molecular weight is 188 g/mol. The van der Waals surface area contributed by atoms with Crippen LogP contribution in [-0.2, 0) is 0 Å². The van der Waals surface area contributed by atoms with Crippen LogP contribution in [0.3, 0.4) is 0 Å². The van der Waals surface area contributed by atoms with Crippen molar-refractivity contribution in [3.8, 4) is 6.07 Å². The molecule has 1 aromatic carbocycles. The number of nitrogens with one attached hydrogen (secondary N) is 1. The zero-order chi connectivity index (χ0) is 10.6. The summed E-state index contributed by atoms with van der Waals surface area (Å²) in [6, 6.07) is 7.07. The molecule has 0 fully saturated rings. The number of hydrogen-bond acceptors (Lipinski definition) is 3. The Kier molecular flexibility index (Phi) is 3.24. The Morgan fingerprint density at radius 3 is 2.79 bits per heavy atom. The lowest BCUT2D eigenvalue weighted by Crippen LogP contribution is -2.04. The van der Waals surface area contributed by atoms with Gasteiger partial charge in [-0.15, -0.1) is 0 Å². The number of carbonyl (C=O) groups is 1. The topological polar surface area (TPSA) is 52.9 Å². The van der Waals surface area contributed by atoms with Crippen molar-refractivity contribution in [2.45, 2.75) is 13.8 Å². The second-order valence-corrected chi connectivity index (χ2v) is 2.96. The van der Waals surface area contributed by atoms with Crippen molar-refractivity contribution < 1.29 is 4.79 Å². The first-order valence-corrected chi connectivity index (χ1v) is 4.48. The van der Waals surface area contributed by atoms with Gasteiger partial charge in [0, 0.05) is 17.8 Å². The smallest absolute Gasteiger partial charge is 0.161 e. The maximum absolute atomic E-state index is 11.2. The monoisotopic (exact) mass is 188 g/mol. The van der Waals surface area contributed by atoms with E-state index < -0.39 is 0 Å². The van der Waals surface area contributed by atoms with E-state index in [1.807, 2.05) is 13.0 Å². The first-order valence-electron chi connectivity index (χ1n) is 4.48. The van der Waals surface area contributed by atoms with Crippen molar-refractivity contribution in [1.82, 2.24) is 0 Å². The molecule has 1 aromatic rings. The predicted octanol–water partition coefficient (Wildman–Crippen LogP) is 2.19. The van der Waals surface area contributed by atoms with E-state index in [4.69, 9.17) is 5.26 Å². The van der Waals surface area contributed by atoms with Crippen LogP contribution in [0.2, 0.25) is 0 Å². The summed E-state index contributed by atoms with van der Waals surface area (Å²) in [6.07, 6.45) is 0. The summed E-state index contributed by atoms with van der Waals surface area (Å²) in [5, 5.41) is 11.8. The molecular formula is C11H12N2O. The van der Waals surface area contributed by atoms with E-state index in [2.05, 4.69) is 5.32 Å². The lowest BCUT2D eigenvalue weighted by molar-refractivity contribution is 0.101. The molecule has 0 aliphatic carbocycles. The summed E-state index contributed by atoms with van der Waals surface area (Å²) in [6.45, 7) is 4.19. The lowest BCUT2D eigenvalue weighted by Gasteiger charge is -2.08. The molecule has 72 valence electrons. The van der Waals surface area contributed by atoms with Gasteiger partial charge in [0.25, 0.3) is 0 Å². The molecule has 0 spiro atoms. The van der Waals surface area contributed by atoms with Crippen LogP contribution in [0.5, 0.6) is 0 Å². The Morgan fingerprint density at radius 1 is 1.57 bits per heavy atom. The van der Waals surface area contributed by atoms with Crippen LogP contribution in [0.25, 0.3) is 0 Å². The Bertz CT molecular complexity index is 391. The summed E-state index contributed by atoms with van der Waals surface area (Å²) in [5.41, 5.74) is 1.93. The van der Waals surface area contributed by atoms with E-state index in [1.165, 1.54) is 6.92 Å². The predicted molar refractivity (Wildman–Crippen MR) is 55.3 cm³/mol. The van der Waals surface area contributed by atoms with Crippen LogP contribution < -0.4 is 5.32 Å². The maximum Gasteiger partial charge on any atom is 0.161 e. The number of benzene rings is 1. The molecule has 0 aliphatic rings. The molecule has 1 rings (SSSR count). The molecule has 0 aliphatic heterocycles. The second-order valence-electron chi connectivity index (χ2n) is 2.96. The fraction of sp³-hybridized carbons (Fsp3) is 0.273. The number of Topliss-reactive ketones (excluding diaryl/α,β-unsaturated/α-hetero) is 1. The van der Waals surface area contributed by atoms with Crippen molar-refractivity contribution in [2.75, 3.05) is 11.9 Å². The van der Waals surface area contributed by atoms with Gasteiger partial charge in [-0.2, -0.15) is 5.26 Å². The van der Waals surface area contributed by atoms with Crippen molar-refractivity contribution in [1.29, 1.82) is 5.26 Å². The fourth-order valence-corrected chi connectivity index (χ4v) is 1.26. The Hall–Kier alpha value is -1.82. The number of nitriles is 1. The third-order valence-corrected chi connectivity index (χ3v) is 1.90. The molecule has 0 radical (unpaired) electrons. The minimum Gasteiger partial charge on any atom is -0.385 e. The average Bonchev–Trinajstić information content (AvgIpc) is 2.17. The summed E-state index contributed by atoms with van der Waals surface area (Å²) >= 11 is 0. The summed E-state index contributed by atoms with van der Waals surface area (Å²) < 4.78 is 0. The normalized spacial score (nSPS) is 9.21. The number of ketones is 1. The van der Waals surface area contributed by atoms with Gasteiger partial charge < -0.3 is 5.32 Å². The van der Waals surface area contributed by atoms with Crippen LogP contribution in [0.4, 0.5) is 5.69 Å². The quantitative estimate of drug-likeness (QED) is 0.740. The minimum atomic E-state index is 0.00504. The zero-order valence-corrected chi connectivity index (χ0v) is 8.29. The molecule has 0 atom stereocenters. The molecule has 1 N–H and O–H groups in total. The molecule has 14 heavy (non-hydrogen) atoms. The van der Waals surface area contributed by atoms with Gasteiger partial charge in [0.15, 0.2) is 5.78 Å². The van der Waals surface area contributed by atoms with Gasteiger partial charge in [-0.1, -0.05) is 0 Å². The van der Waals surface area contributed by atoms with Gasteiger partial charge in [-0.05, 0) is 32.0 Å². The molecule has 0 aromatic heterocycles. The van der Waals surface area contributed by atoms with E-state index >= 15 is 0 Å². The van der Waals surface area contributed by atoms with Gasteiger partial charge in [-0.25, -0.2) is 0 Å². The van der Waals surface area contributed by atoms with Gasteiger partial charge in [0.05, 0.1) is 11.6 Å². The molecule has 3 nitrogen and oxygen atoms in total. The first-order chi connectivity index (χ1) is 6.69. The Morgan fingerprint density at radius 2 is 2.29 bits per heavy atom.